The van der Waals surface area contributed by atoms with Crippen LogP contribution < -0.4 is 16.0 Å². The molecule has 2 bridgehead atoms. The molecular formula is C26H36ClN3O4. The van der Waals surface area contributed by atoms with E-state index in [0.717, 1.165) is 36.5 Å². The fourth-order valence-corrected chi connectivity index (χ4v) is 6.22. The molecule has 2 amide bonds. The number of hydrogen-bond donors (Lipinski definition) is 3. The Hall–Kier alpha value is -2.12. The van der Waals surface area contributed by atoms with Gasteiger partial charge in [0.15, 0.2) is 0 Å². The van der Waals surface area contributed by atoms with Crippen LogP contribution in [0.5, 0.6) is 0 Å². The standard InChI is InChI=1S/C26H36ClN3O4/c27-22-3-1-2-18(11-22)16-34-26(33)30-23(13-21-10-17-4-6-19(21)7-5-17)14-29-24(15-31)12-20-8-9-28-25(20)32/h1-3,11,15,17,19-21,23-24,29H,4-10,12-14,16H2,(H,28,32)(H,30,33)/t17?,19?,20?,21?,23?,24-/m0/s1. The molecule has 1 saturated heterocycles. The lowest BCUT2D eigenvalue weighted by atomic mass is 9.63. The zero-order valence-electron chi connectivity index (χ0n) is 19.6. The van der Waals surface area contributed by atoms with Crippen LogP contribution in [0.25, 0.3) is 0 Å². The van der Waals surface area contributed by atoms with Crippen molar-refractivity contribution in [3.63, 3.8) is 0 Å². The summed E-state index contributed by atoms with van der Waals surface area (Å²) in [5, 5.41) is 9.77. The Balaban J connectivity index is 1.33. The van der Waals surface area contributed by atoms with E-state index < -0.39 is 12.1 Å². The number of benzene rings is 1. The van der Waals surface area contributed by atoms with Gasteiger partial charge in [-0.25, -0.2) is 4.79 Å². The van der Waals surface area contributed by atoms with E-state index in [9.17, 15) is 14.4 Å². The first kappa shape index (κ1) is 25.0. The number of rotatable bonds is 11. The summed E-state index contributed by atoms with van der Waals surface area (Å²) in [7, 11) is 0. The van der Waals surface area contributed by atoms with Gasteiger partial charge in [0.05, 0.1) is 6.04 Å². The third-order valence-electron chi connectivity index (χ3n) is 7.85. The molecule has 1 aliphatic heterocycles. The molecule has 0 radical (unpaired) electrons. The van der Waals surface area contributed by atoms with Crippen molar-refractivity contribution in [1.82, 2.24) is 16.0 Å². The fourth-order valence-electron chi connectivity index (χ4n) is 6.00. The van der Waals surface area contributed by atoms with Crippen molar-refractivity contribution in [3.05, 3.63) is 34.9 Å². The molecular weight excluding hydrogens is 454 g/mol. The molecule has 1 heterocycles. The Morgan fingerprint density at radius 3 is 2.68 bits per heavy atom. The summed E-state index contributed by atoms with van der Waals surface area (Å²) in [6.45, 7) is 1.29. The minimum absolute atomic E-state index is 0.0196. The third kappa shape index (κ3) is 6.95. The van der Waals surface area contributed by atoms with E-state index in [1.54, 1.807) is 12.1 Å². The average Bonchev–Trinajstić information content (AvgIpc) is 3.25. The van der Waals surface area contributed by atoms with Gasteiger partial charge in [0.1, 0.15) is 12.9 Å². The lowest BCUT2D eigenvalue weighted by Gasteiger charge is -2.43. The van der Waals surface area contributed by atoms with E-state index in [4.69, 9.17) is 16.3 Å². The van der Waals surface area contributed by atoms with Crippen LogP contribution in [-0.4, -0.2) is 43.5 Å². The Morgan fingerprint density at radius 2 is 2.03 bits per heavy atom. The number of halogens is 1. The van der Waals surface area contributed by atoms with E-state index >= 15 is 0 Å². The molecule has 5 rings (SSSR count). The van der Waals surface area contributed by atoms with Crippen molar-refractivity contribution in [1.29, 1.82) is 0 Å². The van der Waals surface area contributed by atoms with E-state index in [2.05, 4.69) is 16.0 Å². The minimum atomic E-state index is -0.467. The number of fused-ring (bicyclic) bond motifs is 3. The zero-order valence-corrected chi connectivity index (χ0v) is 20.4. The lowest BCUT2D eigenvalue weighted by molar-refractivity contribution is -0.122. The molecule has 1 aromatic rings. The highest BCUT2D eigenvalue weighted by Crippen LogP contribution is 2.46. The molecule has 3 unspecified atom stereocenters. The maximum absolute atomic E-state index is 12.6. The second-order valence-corrected chi connectivity index (χ2v) is 10.7. The highest BCUT2D eigenvalue weighted by atomic mass is 35.5. The van der Waals surface area contributed by atoms with E-state index in [1.165, 1.54) is 32.1 Å². The number of hydrogen-bond acceptors (Lipinski definition) is 5. The molecule has 3 N–H and O–H groups in total. The van der Waals surface area contributed by atoms with Crippen LogP contribution in [0.15, 0.2) is 24.3 Å². The van der Waals surface area contributed by atoms with Gasteiger partial charge in [0.2, 0.25) is 5.91 Å². The van der Waals surface area contributed by atoms with Crippen molar-refractivity contribution in [2.75, 3.05) is 13.1 Å². The van der Waals surface area contributed by atoms with Crippen LogP contribution >= 0.6 is 11.6 Å². The topological polar surface area (TPSA) is 96.5 Å². The molecule has 4 fully saturated rings. The lowest BCUT2D eigenvalue weighted by Crippen LogP contribution is -2.48. The van der Waals surface area contributed by atoms with Crippen molar-refractivity contribution in [3.8, 4) is 0 Å². The SMILES string of the molecule is O=C[C@H](CC1CCNC1=O)NCC(CC1CC2CCC1CC2)NC(=O)OCc1cccc(Cl)c1. The number of ether oxygens (including phenoxy) is 1. The van der Waals surface area contributed by atoms with Crippen molar-refractivity contribution < 1.29 is 19.1 Å². The predicted octanol–water partition coefficient (Wildman–Crippen LogP) is 3.83. The normalized spacial score (nSPS) is 27.6. The van der Waals surface area contributed by atoms with Gasteiger partial charge in [-0.05, 0) is 74.0 Å². The summed E-state index contributed by atoms with van der Waals surface area (Å²) >= 11 is 6.02. The molecule has 0 aromatic heterocycles. The summed E-state index contributed by atoms with van der Waals surface area (Å²) in [5.41, 5.74) is 0.831. The van der Waals surface area contributed by atoms with Crippen molar-refractivity contribution in [2.24, 2.45) is 23.7 Å². The first-order valence-corrected chi connectivity index (χ1v) is 13.0. The van der Waals surface area contributed by atoms with Gasteiger partial charge in [-0.1, -0.05) is 36.6 Å². The first-order chi connectivity index (χ1) is 16.5. The Labute approximate surface area is 206 Å². The molecule has 186 valence electrons. The molecule has 7 nitrogen and oxygen atoms in total. The Bertz CT molecular complexity index is 858. The van der Waals surface area contributed by atoms with Gasteiger partial charge in [-0.15, -0.1) is 0 Å². The summed E-state index contributed by atoms with van der Waals surface area (Å²) in [6.07, 6.45) is 8.96. The smallest absolute Gasteiger partial charge is 0.407 e. The summed E-state index contributed by atoms with van der Waals surface area (Å²) in [6, 6.07) is 6.70. The number of nitrogens with one attached hydrogen (secondary N) is 3. The number of alkyl carbamates (subject to hydrolysis) is 1. The fraction of sp³-hybridized carbons (Fsp3) is 0.654. The van der Waals surface area contributed by atoms with Crippen LogP contribution in [0.4, 0.5) is 4.79 Å². The van der Waals surface area contributed by atoms with E-state index in [1.807, 2.05) is 12.1 Å². The van der Waals surface area contributed by atoms with Gasteiger partial charge in [-0.3, -0.25) is 4.79 Å². The summed E-state index contributed by atoms with van der Waals surface area (Å²) in [4.78, 5) is 36.2. The summed E-state index contributed by atoms with van der Waals surface area (Å²) in [5.74, 6) is 2.00. The molecule has 4 atom stereocenters. The summed E-state index contributed by atoms with van der Waals surface area (Å²) < 4.78 is 5.46. The van der Waals surface area contributed by atoms with E-state index in [-0.39, 0.29) is 24.5 Å². The molecule has 34 heavy (non-hydrogen) atoms. The monoisotopic (exact) mass is 489 g/mol. The van der Waals surface area contributed by atoms with Crippen LogP contribution in [-0.2, 0) is 20.9 Å². The highest BCUT2D eigenvalue weighted by Gasteiger charge is 2.37. The average molecular weight is 490 g/mol. The molecule has 0 spiro atoms. The number of amides is 2. The second-order valence-electron chi connectivity index (χ2n) is 10.2. The van der Waals surface area contributed by atoms with Gasteiger partial charge >= 0.3 is 6.09 Å². The minimum Gasteiger partial charge on any atom is -0.445 e. The number of carbonyl (C=O) groups is 3. The van der Waals surface area contributed by atoms with E-state index in [0.29, 0.717) is 30.5 Å². The van der Waals surface area contributed by atoms with Gasteiger partial charge in [-0.2, -0.15) is 0 Å². The predicted molar refractivity (Wildman–Crippen MR) is 130 cm³/mol. The first-order valence-electron chi connectivity index (χ1n) is 12.6. The van der Waals surface area contributed by atoms with Crippen LogP contribution in [0.1, 0.15) is 56.9 Å². The number of aldehydes is 1. The zero-order chi connectivity index (χ0) is 23.9. The molecule has 8 heteroatoms. The van der Waals surface area contributed by atoms with Gasteiger partial charge < -0.3 is 25.5 Å². The molecule has 3 aliphatic carbocycles. The largest absolute Gasteiger partial charge is 0.445 e. The van der Waals surface area contributed by atoms with Gasteiger partial charge in [0.25, 0.3) is 0 Å². The highest BCUT2D eigenvalue weighted by molar-refractivity contribution is 6.30. The van der Waals surface area contributed by atoms with Gasteiger partial charge in [0, 0.05) is 30.1 Å². The third-order valence-corrected chi connectivity index (χ3v) is 8.09. The Kier molecular flexibility index (Phi) is 8.84. The van der Waals surface area contributed by atoms with Crippen molar-refractivity contribution >= 4 is 29.9 Å². The quantitative estimate of drug-likeness (QED) is 0.410. The molecule has 4 aliphatic rings. The number of carbonyl (C=O) groups excluding carboxylic acids is 3. The second kappa shape index (κ2) is 12.0. The molecule has 3 saturated carbocycles. The van der Waals surface area contributed by atoms with Crippen LogP contribution in [0, 0.1) is 23.7 Å². The maximum atomic E-state index is 12.6. The van der Waals surface area contributed by atoms with Crippen molar-refractivity contribution in [2.45, 2.75) is 70.1 Å². The maximum Gasteiger partial charge on any atom is 0.407 e. The Morgan fingerprint density at radius 1 is 1.21 bits per heavy atom. The van der Waals surface area contributed by atoms with Crippen LogP contribution in [0.2, 0.25) is 5.02 Å². The molecule has 1 aromatic carbocycles. The van der Waals surface area contributed by atoms with Crippen LogP contribution in [0.3, 0.4) is 0 Å².